The zero-order chi connectivity index (χ0) is 46.2. The van der Waals surface area contributed by atoms with Gasteiger partial charge >= 0.3 is 0 Å². The first-order chi connectivity index (χ1) is 32.2. The fraction of sp³-hybridized carbons (Fsp3) is 0.481. The molecule has 0 aliphatic carbocycles. The van der Waals surface area contributed by atoms with Gasteiger partial charge in [-0.15, -0.1) is 0 Å². The first-order valence-corrected chi connectivity index (χ1v) is 24.3. The van der Waals surface area contributed by atoms with Crippen molar-refractivity contribution in [3.8, 4) is 0 Å². The summed E-state index contributed by atoms with van der Waals surface area (Å²) in [6.07, 6.45) is 11.1. The summed E-state index contributed by atoms with van der Waals surface area (Å²) in [5.74, 6) is -0.854. The van der Waals surface area contributed by atoms with Crippen molar-refractivity contribution < 1.29 is 19.8 Å². The number of allylic oxidation sites excluding steroid dienone is 2. The van der Waals surface area contributed by atoms with Crippen molar-refractivity contribution in [1.29, 1.82) is 0 Å². The minimum atomic E-state index is -0.350. The molecule has 6 aliphatic rings. The highest BCUT2D eigenvalue weighted by Crippen LogP contribution is 2.50. The van der Waals surface area contributed by atoms with Crippen LogP contribution in [-0.4, -0.2) is 102 Å². The molecule has 0 spiro atoms. The Morgan fingerprint density at radius 1 is 0.591 bits per heavy atom. The fourth-order valence-electron chi connectivity index (χ4n) is 12.6. The molecule has 0 radical (unpaired) electrons. The topological polar surface area (TPSA) is 132 Å². The predicted molar refractivity (Wildman–Crippen MR) is 257 cm³/mol. The van der Waals surface area contributed by atoms with E-state index in [1.807, 2.05) is 93.5 Å². The Bertz CT molecular complexity index is 2450. The van der Waals surface area contributed by atoms with Crippen molar-refractivity contribution in [3.05, 3.63) is 150 Å². The number of aliphatic hydroxyl groups is 2. The number of rotatable bonds is 10. The normalized spacial score (nSPS) is 26.5. The summed E-state index contributed by atoms with van der Waals surface area (Å²) in [6, 6.07) is 24.1. The summed E-state index contributed by atoms with van der Waals surface area (Å²) in [7, 11) is 0. The lowest BCUT2D eigenvalue weighted by Crippen LogP contribution is -2.47. The van der Waals surface area contributed by atoms with E-state index in [0.29, 0.717) is 50.4 Å². The van der Waals surface area contributed by atoms with E-state index in [2.05, 4.69) is 60.0 Å². The van der Waals surface area contributed by atoms with Gasteiger partial charge < -0.3 is 29.1 Å². The maximum atomic E-state index is 14.0. The minimum absolute atomic E-state index is 0.00608. The molecule has 12 nitrogen and oxygen atoms in total. The van der Waals surface area contributed by atoms with Gasteiger partial charge in [-0.25, -0.2) is 0 Å². The number of carbonyl (C=O) groups excluding carboxylic acids is 2. The van der Waals surface area contributed by atoms with Crippen LogP contribution in [0.3, 0.4) is 0 Å². The first kappa shape index (κ1) is 45.7. The van der Waals surface area contributed by atoms with Gasteiger partial charge in [0.25, 0.3) is 11.1 Å². The van der Waals surface area contributed by atoms with Crippen LogP contribution in [0.4, 0.5) is 0 Å². The Balaban J connectivity index is 0.000000166. The number of pyridine rings is 2. The number of fused-ring (bicyclic) bond motifs is 10. The Morgan fingerprint density at radius 3 is 1.35 bits per heavy atom. The molecule has 10 rings (SSSR count). The van der Waals surface area contributed by atoms with E-state index in [1.54, 1.807) is 0 Å². The highest BCUT2D eigenvalue weighted by Gasteiger charge is 2.57. The smallest absolute Gasteiger partial charge is 0.258 e. The van der Waals surface area contributed by atoms with Crippen LogP contribution < -0.4 is 11.1 Å². The molecule has 2 aromatic carbocycles. The maximum absolute atomic E-state index is 14.0. The standard InChI is InChI=1S/2C27H33N3O3/c2*1-3-7-19-10-11-22-25-24(27(33)28-14-12-18-8-5-6-9-20(18)15-28)21(17-31)23(29(25)13-4-2)16-30(22)26(19)32/h2*3,5-11,21,23-25,31H,4,12-17H2,1-2H3/b7-3+;7-3-/t2*21-,23-,24+,25+/m00/s1. The monoisotopic (exact) mass is 895 g/mol. The third-order valence-electron chi connectivity index (χ3n) is 15.5. The van der Waals surface area contributed by atoms with Crippen LogP contribution in [0.2, 0.25) is 0 Å². The van der Waals surface area contributed by atoms with Gasteiger partial charge in [-0.2, -0.15) is 0 Å². The number of nitrogens with zero attached hydrogens (tertiary/aromatic N) is 6. The van der Waals surface area contributed by atoms with Crippen LogP contribution in [0, 0.1) is 23.7 Å². The molecule has 0 unspecified atom stereocenters. The van der Waals surface area contributed by atoms with Crippen molar-refractivity contribution >= 4 is 24.0 Å². The molecule has 8 heterocycles. The Hall–Kier alpha value is -5.40. The molecule has 4 aromatic rings. The summed E-state index contributed by atoms with van der Waals surface area (Å²) >= 11 is 0. The Morgan fingerprint density at radius 2 is 0.985 bits per heavy atom. The van der Waals surface area contributed by atoms with Crippen LogP contribution in [0.15, 0.2) is 94.5 Å². The molecule has 0 saturated carbocycles. The number of hydrogen-bond donors (Lipinski definition) is 2. The van der Waals surface area contributed by atoms with Crippen LogP contribution >= 0.6 is 0 Å². The zero-order valence-corrected chi connectivity index (χ0v) is 39.0. The Kier molecular flexibility index (Phi) is 13.5. The average Bonchev–Trinajstić information content (AvgIpc) is 3.68. The van der Waals surface area contributed by atoms with Crippen LogP contribution in [0.5, 0.6) is 0 Å². The van der Waals surface area contributed by atoms with Gasteiger partial charge in [0.2, 0.25) is 11.8 Å². The highest BCUT2D eigenvalue weighted by atomic mass is 16.3. The van der Waals surface area contributed by atoms with Gasteiger partial charge in [0.05, 0.1) is 23.9 Å². The molecule has 8 atom stereocenters. The van der Waals surface area contributed by atoms with E-state index >= 15 is 0 Å². The number of aliphatic hydroxyl groups excluding tert-OH is 2. The molecule has 2 amide bonds. The number of benzene rings is 2. The molecule has 2 aromatic heterocycles. The average molecular weight is 895 g/mol. The highest BCUT2D eigenvalue weighted by molar-refractivity contribution is 5.82. The summed E-state index contributed by atoms with van der Waals surface area (Å²) < 4.78 is 3.72. The molecule has 2 saturated heterocycles. The minimum Gasteiger partial charge on any atom is -0.396 e. The molecule has 66 heavy (non-hydrogen) atoms. The number of carbonyl (C=O) groups is 2. The van der Waals surface area contributed by atoms with Crippen LogP contribution in [0.1, 0.15) is 97.4 Å². The first-order valence-electron chi connectivity index (χ1n) is 24.3. The lowest BCUT2D eigenvalue weighted by Gasteiger charge is -2.38. The van der Waals surface area contributed by atoms with Gasteiger partial charge in [0, 0.05) is 98.9 Å². The number of aromatic nitrogens is 2. The van der Waals surface area contributed by atoms with E-state index in [4.69, 9.17) is 0 Å². The lowest BCUT2D eigenvalue weighted by atomic mass is 9.85. The molecular formula is C54H66N6O6. The summed E-state index contributed by atoms with van der Waals surface area (Å²) in [6.45, 7) is 13.4. The van der Waals surface area contributed by atoms with Crippen molar-refractivity contribution in [3.63, 3.8) is 0 Å². The molecule has 6 aliphatic heterocycles. The van der Waals surface area contributed by atoms with Gasteiger partial charge in [-0.3, -0.25) is 29.0 Å². The van der Waals surface area contributed by atoms with Gasteiger partial charge in [0.15, 0.2) is 0 Å². The second kappa shape index (κ2) is 19.4. The van der Waals surface area contributed by atoms with Gasteiger partial charge in [-0.1, -0.05) is 86.7 Å². The summed E-state index contributed by atoms with van der Waals surface area (Å²) in [5, 5.41) is 20.9. The van der Waals surface area contributed by atoms with Crippen molar-refractivity contribution in [2.45, 2.75) is 104 Å². The maximum Gasteiger partial charge on any atom is 0.258 e. The molecule has 348 valence electrons. The third-order valence-corrected chi connectivity index (χ3v) is 15.5. The third kappa shape index (κ3) is 7.93. The van der Waals surface area contributed by atoms with Gasteiger partial charge in [-0.05, 0) is 99.1 Å². The lowest BCUT2D eigenvalue weighted by molar-refractivity contribution is -0.140. The van der Waals surface area contributed by atoms with E-state index in [-0.39, 0.29) is 84.0 Å². The molecule has 4 bridgehead atoms. The molecule has 12 heteroatoms. The van der Waals surface area contributed by atoms with Crippen molar-refractivity contribution in [1.82, 2.24) is 28.7 Å². The van der Waals surface area contributed by atoms with Crippen LogP contribution in [-0.2, 0) is 48.6 Å². The van der Waals surface area contributed by atoms with E-state index in [0.717, 1.165) is 50.2 Å². The second-order valence-corrected chi connectivity index (χ2v) is 19.1. The van der Waals surface area contributed by atoms with Crippen molar-refractivity contribution in [2.24, 2.45) is 23.7 Å². The van der Waals surface area contributed by atoms with Gasteiger partial charge in [0.1, 0.15) is 0 Å². The number of hydrogen-bond acceptors (Lipinski definition) is 8. The second-order valence-electron chi connectivity index (χ2n) is 19.1. The fourth-order valence-corrected chi connectivity index (χ4v) is 12.6. The zero-order valence-electron chi connectivity index (χ0n) is 39.0. The van der Waals surface area contributed by atoms with E-state index < -0.39 is 0 Å². The SMILES string of the molecule is C/C=C/c1ccc2n(c1=O)C[C@H]1[C@H](CO)[C@@H](C(=O)N3CCc4ccccc4C3)[C@@H]2N1CCC.C/C=C\c1ccc2n(c1=O)C[C@H]1[C@H](CO)[C@@H](C(=O)N3CCc4ccccc4C3)[C@@H]2N1CCC. The molecule has 2 fully saturated rings. The molecule has 2 N–H and O–H groups in total. The van der Waals surface area contributed by atoms with Crippen LogP contribution in [0.25, 0.3) is 12.2 Å². The van der Waals surface area contributed by atoms with E-state index in [9.17, 15) is 29.4 Å². The number of amides is 2. The summed E-state index contributed by atoms with van der Waals surface area (Å²) in [5.41, 5.74) is 8.17. The quantitative estimate of drug-likeness (QED) is 0.208. The van der Waals surface area contributed by atoms with E-state index in [1.165, 1.54) is 22.3 Å². The largest absolute Gasteiger partial charge is 0.396 e. The summed E-state index contributed by atoms with van der Waals surface area (Å²) in [4.78, 5) is 63.2. The molecular weight excluding hydrogens is 829 g/mol. The predicted octanol–water partition coefficient (Wildman–Crippen LogP) is 5.68. The van der Waals surface area contributed by atoms with Crippen molar-refractivity contribution in [2.75, 3.05) is 39.4 Å². The Labute approximate surface area is 388 Å².